The van der Waals surface area contributed by atoms with Crippen LogP contribution in [0.4, 0.5) is 5.69 Å². The second-order valence-electron chi connectivity index (χ2n) is 3.67. The lowest BCUT2D eigenvalue weighted by molar-refractivity contribution is -0.120. The smallest absolute Gasteiger partial charge is 0.252 e. The maximum Gasteiger partial charge on any atom is 0.252 e. The number of carbonyl (C=O) groups is 2. The number of hydrogen-bond acceptors (Lipinski definition) is 3. The van der Waals surface area contributed by atoms with E-state index in [1.165, 1.54) is 0 Å². The quantitative estimate of drug-likeness (QED) is 0.702. The third-order valence-electron chi connectivity index (χ3n) is 2.28. The lowest BCUT2D eigenvalue weighted by Crippen LogP contribution is -2.30. The van der Waals surface area contributed by atoms with Crippen molar-refractivity contribution in [1.29, 1.82) is 0 Å². The molecule has 0 aromatic heterocycles. The standard InChI is InChI=1S/C12H16ClN3O2/c1-2-15-10(17)6-7-16-12(18)8-4-3-5-9(14)11(8)13/h3-5H,2,6-7,14H2,1H3,(H,15,17)(H,16,18). The summed E-state index contributed by atoms with van der Waals surface area (Å²) in [6.45, 7) is 2.67. The second kappa shape index (κ2) is 6.86. The number of nitrogen functional groups attached to an aromatic ring is 1. The fourth-order valence-corrected chi connectivity index (χ4v) is 1.61. The fourth-order valence-electron chi connectivity index (χ4n) is 1.40. The van der Waals surface area contributed by atoms with E-state index in [0.717, 1.165) is 0 Å². The van der Waals surface area contributed by atoms with Crippen LogP contribution in [-0.2, 0) is 4.79 Å². The summed E-state index contributed by atoms with van der Waals surface area (Å²) in [5.74, 6) is -0.437. The molecule has 0 aliphatic rings. The lowest BCUT2D eigenvalue weighted by atomic mass is 10.2. The molecule has 0 atom stereocenters. The zero-order chi connectivity index (χ0) is 13.5. The van der Waals surface area contributed by atoms with Crippen molar-refractivity contribution in [2.24, 2.45) is 0 Å². The van der Waals surface area contributed by atoms with Crippen LogP contribution in [0.15, 0.2) is 18.2 Å². The van der Waals surface area contributed by atoms with E-state index in [4.69, 9.17) is 17.3 Å². The van der Waals surface area contributed by atoms with Crippen LogP contribution >= 0.6 is 11.6 Å². The summed E-state index contributed by atoms with van der Waals surface area (Å²) < 4.78 is 0. The highest BCUT2D eigenvalue weighted by Crippen LogP contribution is 2.22. The first-order valence-corrected chi connectivity index (χ1v) is 6.03. The average Bonchev–Trinajstić information content (AvgIpc) is 2.33. The van der Waals surface area contributed by atoms with Crippen molar-refractivity contribution in [3.8, 4) is 0 Å². The molecule has 1 rings (SSSR count). The van der Waals surface area contributed by atoms with Crippen LogP contribution in [0.1, 0.15) is 23.7 Å². The van der Waals surface area contributed by atoms with E-state index in [1.807, 2.05) is 6.92 Å². The molecule has 98 valence electrons. The van der Waals surface area contributed by atoms with Gasteiger partial charge in [-0.2, -0.15) is 0 Å². The molecule has 2 amide bonds. The number of benzene rings is 1. The first-order valence-electron chi connectivity index (χ1n) is 5.65. The highest BCUT2D eigenvalue weighted by molar-refractivity contribution is 6.36. The van der Waals surface area contributed by atoms with Crippen LogP contribution in [0, 0.1) is 0 Å². The minimum atomic E-state index is -0.336. The molecule has 4 N–H and O–H groups in total. The largest absolute Gasteiger partial charge is 0.398 e. The van der Waals surface area contributed by atoms with Gasteiger partial charge in [0.25, 0.3) is 5.91 Å². The first kappa shape index (κ1) is 14.3. The minimum absolute atomic E-state index is 0.100. The van der Waals surface area contributed by atoms with Gasteiger partial charge in [0.2, 0.25) is 5.91 Å². The molecule has 18 heavy (non-hydrogen) atoms. The van der Waals surface area contributed by atoms with Crippen molar-refractivity contribution < 1.29 is 9.59 Å². The third-order valence-corrected chi connectivity index (χ3v) is 2.71. The summed E-state index contributed by atoms with van der Waals surface area (Å²) in [7, 11) is 0. The van der Waals surface area contributed by atoms with Gasteiger partial charge in [-0.1, -0.05) is 17.7 Å². The zero-order valence-electron chi connectivity index (χ0n) is 10.1. The van der Waals surface area contributed by atoms with E-state index < -0.39 is 0 Å². The van der Waals surface area contributed by atoms with Crippen molar-refractivity contribution in [3.05, 3.63) is 28.8 Å². The van der Waals surface area contributed by atoms with Gasteiger partial charge in [-0.3, -0.25) is 9.59 Å². The molecule has 0 bridgehead atoms. The molecule has 0 aliphatic heterocycles. The Labute approximate surface area is 111 Å². The number of carbonyl (C=O) groups excluding carboxylic acids is 2. The van der Waals surface area contributed by atoms with Gasteiger partial charge in [-0.25, -0.2) is 0 Å². The number of anilines is 1. The first-order chi connectivity index (χ1) is 8.56. The van der Waals surface area contributed by atoms with E-state index >= 15 is 0 Å². The summed E-state index contributed by atoms with van der Waals surface area (Å²) in [5, 5.41) is 5.49. The highest BCUT2D eigenvalue weighted by Gasteiger charge is 2.11. The van der Waals surface area contributed by atoms with Crippen molar-refractivity contribution in [1.82, 2.24) is 10.6 Å². The third kappa shape index (κ3) is 3.92. The Kier molecular flexibility index (Phi) is 5.45. The number of amides is 2. The van der Waals surface area contributed by atoms with Gasteiger partial charge < -0.3 is 16.4 Å². The molecular weight excluding hydrogens is 254 g/mol. The number of nitrogens with one attached hydrogen (secondary N) is 2. The number of hydrogen-bond donors (Lipinski definition) is 3. The van der Waals surface area contributed by atoms with Crippen LogP contribution in [0.3, 0.4) is 0 Å². The van der Waals surface area contributed by atoms with Crippen molar-refractivity contribution in [2.75, 3.05) is 18.8 Å². The number of halogens is 1. The molecule has 0 aliphatic carbocycles. The van der Waals surface area contributed by atoms with Crippen LogP contribution < -0.4 is 16.4 Å². The van der Waals surface area contributed by atoms with Gasteiger partial charge in [-0.05, 0) is 19.1 Å². The Morgan fingerprint density at radius 1 is 1.33 bits per heavy atom. The van der Waals surface area contributed by atoms with E-state index in [1.54, 1.807) is 18.2 Å². The predicted octanol–water partition coefficient (Wildman–Crippen LogP) is 1.18. The molecule has 0 spiro atoms. The topological polar surface area (TPSA) is 84.2 Å². The van der Waals surface area contributed by atoms with Crippen molar-refractivity contribution in [3.63, 3.8) is 0 Å². The van der Waals surface area contributed by atoms with E-state index in [0.29, 0.717) is 17.8 Å². The van der Waals surface area contributed by atoms with E-state index in [-0.39, 0.29) is 29.8 Å². The summed E-state index contributed by atoms with van der Waals surface area (Å²) >= 11 is 5.91. The van der Waals surface area contributed by atoms with Crippen LogP contribution in [-0.4, -0.2) is 24.9 Å². The molecule has 1 aromatic carbocycles. The van der Waals surface area contributed by atoms with Crippen LogP contribution in [0.5, 0.6) is 0 Å². The molecule has 1 aromatic rings. The van der Waals surface area contributed by atoms with Crippen LogP contribution in [0.25, 0.3) is 0 Å². The molecule has 0 saturated carbocycles. The van der Waals surface area contributed by atoms with Crippen LogP contribution in [0.2, 0.25) is 5.02 Å². The van der Waals surface area contributed by atoms with Gasteiger partial charge in [0, 0.05) is 19.5 Å². The monoisotopic (exact) mass is 269 g/mol. The zero-order valence-corrected chi connectivity index (χ0v) is 10.9. The van der Waals surface area contributed by atoms with Gasteiger partial charge in [0.15, 0.2) is 0 Å². The Morgan fingerprint density at radius 3 is 2.72 bits per heavy atom. The van der Waals surface area contributed by atoms with Gasteiger partial charge >= 0.3 is 0 Å². The molecule has 0 unspecified atom stereocenters. The van der Waals surface area contributed by atoms with E-state index in [9.17, 15) is 9.59 Å². The molecule has 0 saturated heterocycles. The maximum atomic E-state index is 11.8. The molecule has 0 fully saturated rings. The summed E-state index contributed by atoms with van der Waals surface area (Å²) in [5.41, 5.74) is 6.27. The molecule has 0 radical (unpaired) electrons. The Balaban J connectivity index is 2.51. The van der Waals surface area contributed by atoms with Crippen molar-refractivity contribution >= 4 is 29.1 Å². The molecule has 5 nitrogen and oxygen atoms in total. The van der Waals surface area contributed by atoms with Gasteiger partial charge in [0.05, 0.1) is 16.3 Å². The maximum absolute atomic E-state index is 11.8. The van der Waals surface area contributed by atoms with E-state index in [2.05, 4.69) is 10.6 Å². The lowest BCUT2D eigenvalue weighted by Gasteiger charge is -2.08. The van der Waals surface area contributed by atoms with Gasteiger partial charge in [0.1, 0.15) is 0 Å². The minimum Gasteiger partial charge on any atom is -0.398 e. The Bertz CT molecular complexity index is 449. The van der Waals surface area contributed by atoms with Crippen molar-refractivity contribution in [2.45, 2.75) is 13.3 Å². The molecule has 0 heterocycles. The summed E-state index contributed by atoms with van der Waals surface area (Å²) in [6.07, 6.45) is 0.236. The molecular formula is C12H16ClN3O2. The Morgan fingerprint density at radius 2 is 2.06 bits per heavy atom. The number of nitrogens with two attached hydrogens (primary N) is 1. The SMILES string of the molecule is CCNC(=O)CCNC(=O)c1cccc(N)c1Cl. The fraction of sp³-hybridized carbons (Fsp3) is 0.333. The second-order valence-corrected chi connectivity index (χ2v) is 4.05. The normalized spacial score (nSPS) is 9.89. The Hall–Kier alpha value is -1.75. The molecule has 6 heteroatoms. The average molecular weight is 270 g/mol. The highest BCUT2D eigenvalue weighted by atomic mass is 35.5. The summed E-state index contributed by atoms with van der Waals surface area (Å²) in [4.78, 5) is 22.9. The summed E-state index contributed by atoms with van der Waals surface area (Å²) in [6, 6.07) is 4.86. The number of rotatable bonds is 5. The predicted molar refractivity (Wildman–Crippen MR) is 71.5 cm³/mol. The van der Waals surface area contributed by atoms with Gasteiger partial charge in [-0.15, -0.1) is 0 Å².